The maximum atomic E-state index is 9.86. The number of nitrogens with zero attached hydrogens (tertiary/aromatic N) is 1. The first-order chi connectivity index (χ1) is 6.96. The van der Waals surface area contributed by atoms with E-state index >= 15 is 0 Å². The molecule has 2 nitrogen and oxygen atoms in total. The maximum Gasteiger partial charge on any atom is 0.0690 e. The zero-order valence-corrected chi connectivity index (χ0v) is 10.8. The lowest BCUT2D eigenvalue weighted by Gasteiger charge is -2.31. The summed E-state index contributed by atoms with van der Waals surface area (Å²) in [5.41, 5.74) is 0.492. The fourth-order valence-electron chi connectivity index (χ4n) is 2.44. The highest BCUT2D eigenvalue weighted by Crippen LogP contribution is 2.30. The van der Waals surface area contributed by atoms with Crippen LogP contribution in [0, 0.1) is 5.41 Å². The summed E-state index contributed by atoms with van der Waals surface area (Å²) in [4.78, 5) is 2.46. The van der Waals surface area contributed by atoms with E-state index in [1.165, 1.54) is 19.3 Å². The van der Waals surface area contributed by atoms with Crippen molar-refractivity contribution in [3.63, 3.8) is 0 Å². The number of rotatable bonds is 3. The van der Waals surface area contributed by atoms with Crippen LogP contribution in [0.25, 0.3) is 0 Å². The number of hydrogen-bond donors (Lipinski definition) is 1. The summed E-state index contributed by atoms with van der Waals surface area (Å²) in [6, 6.07) is 0.323. The van der Waals surface area contributed by atoms with Crippen molar-refractivity contribution in [2.45, 2.75) is 65.5 Å². The average molecular weight is 213 g/mol. The zero-order chi connectivity index (χ0) is 11.5. The molecule has 0 aliphatic carbocycles. The summed E-state index contributed by atoms with van der Waals surface area (Å²) in [5, 5.41) is 9.86. The molecular formula is C13H27NO. The molecule has 2 heteroatoms. The van der Waals surface area contributed by atoms with E-state index in [1.54, 1.807) is 0 Å². The van der Waals surface area contributed by atoms with Crippen LogP contribution < -0.4 is 0 Å². The molecule has 0 bridgehead atoms. The Bertz CT molecular complexity index is 191. The van der Waals surface area contributed by atoms with Crippen molar-refractivity contribution in [2.75, 3.05) is 13.1 Å². The van der Waals surface area contributed by atoms with Gasteiger partial charge >= 0.3 is 0 Å². The van der Waals surface area contributed by atoms with Crippen LogP contribution in [0.15, 0.2) is 0 Å². The van der Waals surface area contributed by atoms with Gasteiger partial charge in [-0.05, 0) is 51.1 Å². The molecule has 2 atom stereocenters. The van der Waals surface area contributed by atoms with Crippen LogP contribution in [-0.4, -0.2) is 35.2 Å². The molecule has 1 saturated heterocycles. The summed E-state index contributed by atoms with van der Waals surface area (Å²) in [6.45, 7) is 11.2. The highest BCUT2D eigenvalue weighted by atomic mass is 16.3. The largest absolute Gasteiger partial charge is 0.392 e. The first-order valence-corrected chi connectivity index (χ1v) is 6.38. The molecule has 0 aromatic heterocycles. The Labute approximate surface area is 94.7 Å². The second-order valence-electron chi connectivity index (χ2n) is 5.77. The first-order valence-electron chi connectivity index (χ1n) is 6.38. The fraction of sp³-hybridized carbons (Fsp3) is 1.00. The van der Waals surface area contributed by atoms with Crippen LogP contribution in [-0.2, 0) is 0 Å². The van der Waals surface area contributed by atoms with Crippen LogP contribution >= 0.6 is 0 Å². The Kier molecular flexibility index (Phi) is 4.60. The molecular weight excluding hydrogens is 186 g/mol. The van der Waals surface area contributed by atoms with Crippen molar-refractivity contribution in [1.82, 2.24) is 4.90 Å². The van der Waals surface area contributed by atoms with Crippen molar-refractivity contribution < 1.29 is 5.11 Å². The molecule has 0 spiro atoms. The second kappa shape index (κ2) is 5.31. The Hall–Kier alpha value is -0.0800. The third kappa shape index (κ3) is 3.76. The smallest absolute Gasteiger partial charge is 0.0690 e. The van der Waals surface area contributed by atoms with Crippen molar-refractivity contribution in [3.8, 4) is 0 Å². The highest BCUT2D eigenvalue weighted by Gasteiger charge is 2.27. The second-order valence-corrected chi connectivity index (χ2v) is 5.77. The van der Waals surface area contributed by atoms with Crippen molar-refractivity contribution in [2.24, 2.45) is 5.41 Å². The number of aliphatic hydroxyl groups excluding tert-OH is 1. The Morgan fingerprint density at radius 1 is 1.27 bits per heavy atom. The molecule has 1 heterocycles. The Morgan fingerprint density at radius 2 is 1.93 bits per heavy atom. The summed E-state index contributed by atoms with van der Waals surface area (Å²) >= 11 is 0. The lowest BCUT2D eigenvalue weighted by atomic mass is 9.85. The van der Waals surface area contributed by atoms with Gasteiger partial charge in [-0.15, -0.1) is 0 Å². The normalized spacial score (nSPS) is 27.0. The minimum atomic E-state index is -0.161. The molecule has 15 heavy (non-hydrogen) atoms. The minimum Gasteiger partial charge on any atom is -0.392 e. The Balaban J connectivity index is 2.50. The number of aliphatic hydroxyl groups is 1. The predicted octanol–water partition coefficient (Wildman–Crippen LogP) is 2.66. The molecule has 1 aliphatic rings. The van der Waals surface area contributed by atoms with Gasteiger partial charge in [0.15, 0.2) is 0 Å². The van der Waals surface area contributed by atoms with Gasteiger partial charge in [0.2, 0.25) is 0 Å². The van der Waals surface area contributed by atoms with E-state index in [0.29, 0.717) is 11.5 Å². The van der Waals surface area contributed by atoms with Crippen LogP contribution in [0.5, 0.6) is 0 Å². The molecule has 1 fully saturated rings. The van der Waals surface area contributed by atoms with Gasteiger partial charge in [0.05, 0.1) is 6.10 Å². The molecule has 1 aliphatic heterocycles. The fourth-order valence-corrected chi connectivity index (χ4v) is 2.44. The topological polar surface area (TPSA) is 23.5 Å². The summed E-state index contributed by atoms with van der Waals surface area (Å²) in [5.74, 6) is 0. The predicted molar refractivity (Wildman–Crippen MR) is 65.0 cm³/mol. The lowest BCUT2D eigenvalue weighted by Crippen LogP contribution is -2.42. The third-order valence-corrected chi connectivity index (χ3v) is 3.93. The van der Waals surface area contributed by atoms with Crippen LogP contribution in [0.4, 0.5) is 0 Å². The van der Waals surface area contributed by atoms with Gasteiger partial charge in [-0.3, -0.25) is 4.90 Å². The molecule has 0 amide bonds. The van der Waals surface area contributed by atoms with Gasteiger partial charge in [0.25, 0.3) is 0 Å². The monoisotopic (exact) mass is 213 g/mol. The van der Waals surface area contributed by atoms with Crippen LogP contribution in [0.3, 0.4) is 0 Å². The molecule has 90 valence electrons. The SMILES string of the molecule is CCC(O)C(C)N1CCCC(C)(C)CC1. The van der Waals surface area contributed by atoms with E-state index in [4.69, 9.17) is 0 Å². The number of hydrogen-bond acceptors (Lipinski definition) is 2. The van der Waals surface area contributed by atoms with Gasteiger partial charge in [0, 0.05) is 6.04 Å². The van der Waals surface area contributed by atoms with Gasteiger partial charge in [0.1, 0.15) is 0 Å². The van der Waals surface area contributed by atoms with E-state index in [2.05, 4.69) is 32.6 Å². The molecule has 0 saturated carbocycles. The van der Waals surface area contributed by atoms with Gasteiger partial charge in [-0.25, -0.2) is 0 Å². The lowest BCUT2D eigenvalue weighted by molar-refractivity contribution is 0.0563. The minimum absolute atomic E-state index is 0.161. The summed E-state index contributed by atoms with van der Waals surface area (Å²) in [7, 11) is 0. The quantitative estimate of drug-likeness (QED) is 0.779. The highest BCUT2D eigenvalue weighted by molar-refractivity contribution is 4.81. The average Bonchev–Trinajstić information content (AvgIpc) is 2.37. The summed E-state index contributed by atoms with van der Waals surface area (Å²) in [6.07, 6.45) is 4.55. The van der Waals surface area contributed by atoms with E-state index in [-0.39, 0.29) is 6.10 Å². The Morgan fingerprint density at radius 3 is 2.53 bits per heavy atom. The van der Waals surface area contributed by atoms with E-state index < -0.39 is 0 Å². The molecule has 0 aromatic rings. The van der Waals surface area contributed by atoms with E-state index in [9.17, 15) is 5.11 Å². The van der Waals surface area contributed by atoms with Crippen molar-refractivity contribution in [3.05, 3.63) is 0 Å². The van der Waals surface area contributed by atoms with Gasteiger partial charge in [-0.2, -0.15) is 0 Å². The van der Waals surface area contributed by atoms with Crippen molar-refractivity contribution in [1.29, 1.82) is 0 Å². The maximum absolute atomic E-state index is 9.86. The molecule has 1 N–H and O–H groups in total. The number of likely N-dealkylation sites (tertiary alicyclic amines) is 1. The molecule has 0 aromatic carbocycles. The third-order valence-electron chi connectivity index (χ3n) is 3.93. The van der Waals surface area contributed by atoms with E-state index in [0.717, 1.165) is 19.5 Å². The van der Waals surface area contributed by atoms with Crippen molar-refractivity contribution >= 4 is 0 Å². The van der Waals surface area contributed by atoms with Gasteiger partial charge in [-0.1, -0.05) is 20.8 Å². The zero-order valence-electron chi connectivity index (χ0n) is 10.8. The first kappa shape index (κ1) is 13.0. The standard InChI is InChI=1S/C13H27NO/c1-5-12(15)11(2)14-9-6-7-13(3,4)8-10-14/h11-12,15H,5-10H2,1-4H3. The van der Waals surface area contributed by atoms with Crippen LogP contribution in [0.2, 0.25) is 0 Å². The summed E-state index contributed by atoms with van der Waals surface area (Å²) < 4.78 is 0. The van der Waals surface area contributed by atoms with E-state index in [1.807, 2.05) is 0 Å². The van der Waals surface area contributed by atoms with Gasteiger partial charge < -0.3 is 5.11 Å². The molecule has 0 radical (unpaired) electrons. The molecule has 1 rings (SSSR count). The van der Waals surface area contributed by atoms with Crippen LogP contribution in [0.1, 0.15) is 53.4 Å². The molecule has 2 unspecified atom stereocenters.